The summed E-state index contributed by atoms with van der Waals surface area (Å²) < 4.78 is 0. The van der Waals surface area contributed by atoms with E-state index in [1.807, 2.05) is 23.6 Å². The maximum atomic E-state index is 12.7. The molecule has 0 aliphatic carbocycles. The Bertz CT molecular complexity index is 990. The van der Waals surface area contributed by atoms with Crippen LogP contribution in [0.25, 0.3) is 21.8 Å². The summed E-state index contributed by atoms with van der Waals surface area (Å²) in [5.74, 6) is 0. The van der Waals surface area contributed by atoms with Crippen LogP contribution in [0.1, 0.15) is 18.2 Å². The predicted molar refractivity (Wildman–Crippen MR) is 114 cm³/mol. The molecule has 146 valence electrons. The Morgan fingerprint density at radius 1 is 1.18 bits per heavy atom. The lowest BCUT2D eigenvalue weighted by atomic mass is 10.1. The number of rotatable bonds is 5. The van der Waals surface area contributed by atoms with Gasteiger partial charge in [0.05, 0.1) is 11.3 Å². The maximum absolute atomic E-state index is 12.7. The number of nitrogens with zero attached hydrogens (tertiary/aromatic N) is 4. The fourth-order valence-corrected chi connectivity index (χ4v) is 4.36. The highest BCUT2D eigenvalue weighted by Crippen LogP contribution is 2.28. The van der Waals surface area contributed by atoms with Gasteiger partial charge in [-0.05, 0) is 37.2 Å². The van der Waals surface area contributed by atoms with E-state index in [2.05, 4.69) is 33.7 Å². The minimum atomic E-state index is -0.0643. The zero-order valence-electron chi connectivity index (χ0n) is 16.3. The number of H-pyrrole nitrogens is 1. The van der Waals surface area contributed by atoms with Crippen LogP contribution in [0.5, 0.6) is 0 Å². The van der Waals surface area contributed by atoms with Crippen LogP contribution in [0.3, 0.4) is 0 Å². The van der Waals surface area contributed by atoms with Crippen molar-refractivity contribution in [1.82, 2.24) is 24.8 Å². The van der Waals surface area contributed by atoms with Crippen molar-refractivity contribution in [3.63, 3.8) is 0 Å². The Morgan fingerprint density at radius 2 is 1.93 bits per heavy atom. The van der Waals surface area contributed by atoms with Gasteiger partial charge in [-0.3, -0.25) is 14.7 Å². The van der Waals surface area contributed by atoms with Gasteiger partial charge in [0.25, 0.3) is 5.56 Å². The number of aromatic nitrogens is 3. The molecule has 7 heteroatoms. The number of likely N-dealkylation sites (N-methyl/N-ethyl adjacent to an activating group) is 1. The minimum Gasteiger partial charge on any atom is -0.325 e. The molecule has 1 aliphatic rings. The molecule has 0 atom stereocenters. The van der Waals surface area contributed by atoms with Crippen molar-refractivity contribution in [2.24, 2.45) is 0 Å². The first-order valence-electron chi connectivity index (χ1n) is 9.66. The first kappa shape index (κ1) is 19.0. The highest BCUT2D eigenvalue weighted by atomic mass is 32.1. The fraction of sp³-hybridized carbons (Fsp3) is 0.381. The number of aryl methyl sites for hydroxylation is 1. The third-order valence-corrected chi connectivity index (χ3v) is 6.16. The molecule has 3 aromatic rings. The van der Waals surface area contributed by atoms with Crippen LogP contribution >= 0.6 is 11.3 Å². The number of pyridine rings is 2. The van der Waals surface area contributed by atoms with Crippen molar-refractivity contribution in [3.05, 3.63) is 57.6 Å². The van der Waals surface area contributed by atoms with Crippen LogP contribution < -0.4 is 5.56 Å². The molecule has 28 heavy (non-hydrogen) atoms. The van der Waals surface area contributed by atoms with E-state index in [4.69, 9.17) is 4.98 Å². The van der Waals surface area contributed by atoms with Crippen molar-refractivity contribution in [2.45, 2.75) is 19.9 Å². The van der Waals surface area contributed by atoms with Gasteiger partial charge in [-0.1, -0.05) is 6.92 Å². The standard InChI is InChI=1S/C21H25N5OS/c1-3-18-16(13-26-10-8-25(2)9-11-26)12-17(20(27)23-18)19-14-28-21(24-19)15-4-6-22-7-5-15/h4-7,12,14H,3,8-11,13H2,1-2H3,(H,23,27). The van der Waals surface area contributed by atoms with Gasteiger partial charge in [-0.15, -0.1) is 11.3 Å². The topological polar surface area (TPSA) is 65.1 Å². The fourth-order valence-electron chi connectivity index (χ4n) is 3.53. The number of hydrogen-bond acceptors (Lipinski definition) is 6. The molecule has 1 aliphatic heterocycles. The third-order valence-electron chi connectivity index (χ3n) is 5.27. The number of piperazine rings is 1. The van der Waals surface area contributed by atoms with E-state index in [9.17, 15) is 4.79 Å². The molecule has 0 radical (unpaired) electrons. The normalized spacial score (nSPS) is 15.8. The van der Waals surface area contributed by atoms with E-state index < -0.39 is 0 Å². The SMILES string of the molecule is CCc1[nH]c(=O)c(-c2csc(-c3ccncc3)n2)cc1CN1CCN(C)CC1. The molecule has 0 aromatic carbocycles. The quantitative estimate of drug-likeness (QED) is 0.720. The van der Waals surface area contributed by atoms with Gasteiger partial charge < -0.3 is 9.88 Å². The van der Waals surface area contributed by atoms with Gasteiger partial charge in [0.15, 0.2) is 0 Å². The van der Waals surface area contributed by atoms with Crippen LogP contribution in [-0.4, -0.2) is 58.0 Å². The second kappa shape index (κ2) is 8.34. The van der Waals surface area contributed by atoms with Gasteiger partial charge in [-0.2, -0.15) is 0 Å². The summed E-state index contributed by atoms with van der Waals surface area (Å²) >= 11 is 1.55. The van der Waals surface area contributed by atoms with Crippen LogP contribution in [0.2, 0.25) is 0 Å². The zero-order chi connectivity index (χ0) is 19.5. The van der Waals surface area contributed by atoms with E-state index in [1.54, 1.807) is 23.7 Å². The summed E-state index contributed by atoms with van der Waals surface area (Å²) in [6, 6.07) is 5.92. The average Bonchev–Trinajstić information content (AvgIpc) is 3.21. The van der Waals surface area contributed by atoms with Gasteiger partial charge in [0.2, 0.25) is 0 Å². The Kier molecular flexibility index (Phi) is 5.66. The van der Waals surface area contributed by atoms with E-state index in [-0.39, 0.29) is 5.56 Å². The molecule has 1 fully saturated rings. The van der Waals surface area contributed by atoms with Crippen molar-refractivity contribution < 1.29 is 0 Å². The Hall–Kier alpha value is -2.35. The number of nitrogens with one attached hydrogen (secondary N) is 1. The zero-order valence-corrected chi connectivity index (χ0v) is 17.1. The van der Waals surface area contributed by atoms with Crippen molar-refractivity contribution >= 4 is 11.3 Å². The lowest BCUT2D eigenvalue weighted by Crippen LogP contribution is -2.44. The molecular weight excluding hydrogens is 370 g/mol. The predicted octanol–water partition coefficient (Wildman–Crippen LogP) is 2.87. The monoisotopic (exact) mass is 395 g/mol. The smallest absolute Gasteiger partial charge is 0.257 e. The number of aromatic amines is 1. The Morgan fingerprint density at radius 3 is 2.64 bits per heavy atom. The summed E-state index contributed by atoms with van der Waals surface area (Å²) in [7, 11) is 2.16. The average molecular weight is 396 g/mol. The molecule has 4 rings (SSSR count). The largest absolute Gasteiger partial charge is 0.325 e. The first-order valence-corrected chi connectivity index (χ1v) is 10.5. The molecule has 3 aromatic heterocycles. The van der Waals surface area contributed by atoms with E-state index in [0.29, 0.717) is 5.56 Å². The second-order valence-electron chi connectivity index (χ2n) is 7.22. The number of hydrogen-bond donors (Lipinski definition) is 1. The van der Waals surface area contributed by atoms with Crippen LogP contribution in [0.4, 0.5) is 0 Å². The third kappa shape index (κ3) is 4.06. The number of thiazole rings is 1. The lowest BCUT2D eigenvalue weighted by Gasteiger charge is -2.32. The van der Waals surface area contributed by atoms with Crippen molar-refractivity contribution in [1.29, 1.82) is 0 Å². The minimum absolute atomic E-state index is 0.0643. The summed E-state index contributed by atoms with van der Waals surface area (Å²) in [6.45, 7) is 7.22. The van der Waals surface area contributed by atoms with Crippen molar-refractivity contribution in [2.75, 3.05) is 33.2 Å². The Labute approximate surface area is 168 Å². The second-order valence-corrected chi connectivity index (χ2v) is 8.08. The molecule has 0 unspecified atom stereocenters. The molecule has 0 spiro atoms. The van der Waals surface area contributed by atoms with E-state index >= 15 is 0 Å². The first-order chi connectivity index (χ1) is 13.6. The Balaban J connectivity index is 1.64. The summed E-state index contributed by atoms with van der Waals surface area (Å²) in [4.78, 5) is 29.4. The van der Waals surface area contributed by atoms with Gasteiger partial charge in [0.1, 0.15) is 5.01 Å². The van der Waals surface area contributed by atoms with Gasteiger partial charge >= 0.3 is 0 Å². The maximum Gasteiger partial charge on any atom is 0.257 e. The molecule has 1 N–H and O–H groups in total. The highest BCUT2D eigenvalue weighted by molar-refractivity contribution is 7.13. The van der Waals surface area contributed by atoms with Crippen LogP contribution in [0, 0.1) is 0 Å². The molecule has 6 nitrogen and oxygen atoms in total. The molecule has 1 saturated heterocycles. The lowest BCUT2D eigenvalue weighted by molar-refractivity contribution is 0.148. The summed E-state index contributed by atoms with van der Waals surface area (Å²) in [5.41, 5.74) is 4.56. The molecule has 4 heterocycles. The van der Waals surface area contributed by atoms with Crippen molar-refractivity contribution in [3.8, 4) is 21.8 Å². The molecule has 0 amide bonds. The van der Waals surface area contributed by atoms with E-state index in [1.165, 1.54) is 5.56 Å². The van der Waals surface area contributed by atoms with Crippen LogP contribution in [-0.2, 0) is 13.0 Å². The van der Waals surface area contributed by atoms with Crippen LogP contribution in [0.15, 0.2) is 40.8 Å². The molecule has 0 bridgehead atoms. The molecule has 0 saturated carbocycles. The van der Waals surface area contributed by atoms with E-state index in [0.717, 1.165) is 61.1 Å². The highest BCUT2D eigenvalue weighted by Gasteiger charge is 2.18. The molecular formula is C21H25N5OS. The summed E-state index contributed by atoms with van der Waals surface area (Å²) in [5, 5.41) is 2.86. The van der Waals surface area contributed by atoms with Gasteiger partial charge in [0, 0.05) is 61.8 Å². The van der Waals surface area contributed by atoms with Gasteiger partial charge in [-0.25, -0.2) is 4.98 Å². The summed E-state index contributed by atoms with van der Waals surface area (Å²) in [6.07, 6.45) is 4.33.